The third-order valence-corrected chi connectivity index (χ3v) is 2.03. The summed E-state index contributed by atoms with van der Waals surface area (Å²) in [5.41, 5.74) is 0. The first-order valence-corrected chi connectivity index (χ1v) is 3.35. The lowest BCUT2D eigenvalue weighted by atomic mass is 10.6. The van der Waals surface area contributed by atoms with Gasteiger partial charge in [-0.05, 0) is 0 Å². The Morgan fingerprint density at radius 3 is 2.83 bits per heavy atom. The molecule has 0 radical (unpaired) electrons. The summed E-state index contributed by atoms with van der Waals surface area (Å²) in [6.45, 7) is 0. The number of thioether (sulfide) groups is 1. The average Bonchev–Trinajstić information content (AvgIpc) is 1.86. The van der Waals surface area contributed by atoms with Crippen molar-refractivity contribution in [2.75, 3.05) is 11.5 Å². The van der Waals surface area contributed by atoms with Crippen LogP contribution in [-0.2, 0) is 0 Å². The van der Waals surface area contributed by atoms with Gasteiger partial charge in [-0.3, -0.25) is 0 Å². The average molecular weight is 121 g/mol. The molecule has 0 spiro atoms. The fraction of sp³-hybridized carbons (Fsp3) is 0.500. The van der Waals surface area contributed by atoms with Crippen LogP contribution < -0.4 is 0 Å². The second kappa shape index (κ2) is 1.90. The Morgan fingerprint density at radius 1 is 1.83 bits per heavy atom. The van der Waals surface area contributed by atoms with Gasteiger partial charge in [0.1, 0.15) is 0 Å². The summed E-state index contributed by atoms with van der Waals surface area (Å²) in [7, 11) is 0. The van der Waals surface area contributed by atoms with Crippen LogP contribution in [-0.4, -0.2) is 11.5 Å². The molecular formula is C4H5ClS. The maximum absolute atomic E-state index is 5.55. The molecule has 6 heavy (non-hydrogen) atoms. The van der Waals surface area contributed by atoms with Gasteiger partial charge < -0.3 is 0 Å². The molecule has 1 heterocycles. The van der Waals surface area contributed by atoms with Gasteiger partial charge >= 0.3 is 0 Å². The van der Waals surface area contributed by atoms with E-state index in [9.17, 15) is 0 Å². The number of rotatable bonds is 0. The summed E-state index contributed by atoms with van der Waals surface area (Å²) in [6, 6.07) is 0. The van der Waals surface area contributed by atoms with E-state index < -0.39 is 0 Å². The summed E-state index contributed by atoms with van der Waals surface area (Å²) in [5.74, 6) is 2.14. The van der Waals surface area contributed by atoms with Crippen molar-refractivity contribution < 1.29 is 0 Å². The third-order valence-electron chi connectivity index (χ3n) is 0.663. The van der Waals surface area contributed by atoms with E-state index in [1.807, 2.05) is 17.8 Å². The molecule has 0 amide bonds. The molecule has 2 heteroatoms. The molecule has 0 fully saturated rings. The van der Waals surface area contributed by atoms with Crippen molar-refractivity contribution >= 4 is 23.4 Å². The minimum atomic E-state index is 1.01. The zero-order chi connectivity index (χ0) is 4.41. The van der Waals surface area contributed by atoms with Gasteiger partial charge in [0.25, 0.3) is 0 Å². The van der Waals surface area contributed by atoms with Crippen molar-refractivity contribution in [3.63, 3.8) is 0 Å². The number of halogens is 1. The summed E-state index contributed by atoms with van der Waals surface area (Å²) < 4.78 is 0. The highest BCUT2D eigenvalue weighted by Crippen LogP contribution is 2.18. The van der Waals surface area contributed by atoms with Crippen molar-refractivity contribution in [3.05, 3.63) is 11.1 Å². The Morgan fingerprint density at radius 2 is 2.67 bits per heavy atom. The molecule has 0 bridgehead atoms. The molecule has 0 atom stereocenters. The first-order chi connectivity index (χ1) is 2.89. The largest absolute Gasteiger partial charge is 0.152 e. The van der Waals surface area contributed by atoms with Gasteiger partial charge in [0.15, 0.2) is 0 Å². The first-order valence-electron chi connectivity index (χ1n) is 1.82. The predicted molar refractivity (Wildman–Crippen MR) is 31.3 cm³/mol. The molecule has 1 aliphatic rings. The Kier molecular flexibility index (Phi) is 1.43. The molecule has 0 aliphatic carbocycles. The molecule has 0 saturated carbocycles. The van der Waals surface area contributed by atoms with Gasteiger partial charge in [-0.1, -0.05) is 17.7 Å². The highest BCUT2D eigenvalue weighted by atomic mass is 35.5. The zero-order valence-corrected chi connectivity index (χ0v) is 4.85. The van der Waals surface area contributed by atoms with Crippen LogP contribution >= 0.6 is 23.4 Å². The van der Waals surface area contributed by atoms with Gasteiger partial charge in [-0.2, -0.15) is 11.8 Å². The van der Waals surface area contributed by atoms with Gasteiger partial charge in [-0.25, -0.2) is 0 Å². The maximum Gasteiger partial charge on any atom is 0.0292 e. The van der Waals surface area contributed by atoms with Crippen LogP contribution in [0.25, 0.3) is 0 Å². The summed E-state index contributed by atoms with van der Waals surface area (Å²) in [4.78, 5) is 0. The van der Waals surface area contributed by atoms with Crippen molar-refractivity contribution in [2.45, 2.75) is 0 Å². The molecule has 0 aromatic carbocycles. The van der Waals surface area contributed by atoms with Crippen molar-refractivity contribution in [2.24, 2.45) is 0 Å². The monoisotopic (exact) mass is 120 g/mol. The quantitative estimate of drug-likeness (QED) is 0.470. The Labute approximate surface area is 46.6 Å². The van der Waals surface area contributed by atoms with Crippen LogP contribution in [0.3, 0.4) is 0 Å². The second-order valence-electron chi connectivity index (χ2n) is 1.17. The molecule has 0 aromatic rings. The van der Waals surface area contributed by atoms with Crippen LogP contribution in [0.15, 0.2) is 11.1 Å². The van der Waals surface area contributed by atoms with Gasteiger partial charge in [0.2, 0.25) is 0 Å². The zero-order valence-electron chi connectivity index (χ0n) is 3.28. The molecule has 1 aliphatic heterocycles. The molecule has 34 valence electrons. The second-order valence-corrected chi connectivity index (χ2v) is 2.68. The minimum absolute atomic E-state index is 1.01. The molecule has 0 saturated heterocycles. The number of hydrogen-bond acceptors (Lipinski definition) is 1. The Balaban J connectivity index is 2.45. The summed E-state index contributed by atoms with van der Waals surface area (Å²) >= 11 is 7.41. The standard InChI is InChI=1S/C4H5ClS/c5-4-1-2-6-3-4/h1H,2-3H2. The van der Waals surface area contributed by atoms with Crippen LogP contribution in [0.1, 0.15) is 0 Å². The van der Waals surface area contributed by atoms with E-state index in [0.717, 1.165) is 16.5 Å². The first kappa shape index (κ1) is 4.54. The fourth-order valence-electron chi connectivity index (χ4n) is 0.365. The molecule has 0 aromatic heterocycles. The molecular weight excluding hydrogens is 116 g/mol. The summed E-state index contributed by atoms with van der Waals surface area (Å²) in [6.07, 6.45) is 2.05. The van der Waals surface area contributed by atoms with Crippen molar-refractivity contribution in [1.82, 2.24) is 0 Å². The predicted octanol–water partition coefficient (Wildman–Crippen LogP) is 1.86. The van der Waals surface area contributed by atoms with E-state index in [0.29, 0.717) is 0 Å². The topological polar surface area (TPSA) is 0 Å². The van der Waals surface area contributed by atoms with Crippen molar-refractivity contribution in [3.8, 4) is 0 Å². The van der Waals surface area contributed by atoms with Crippen molar-refractivity contribution in [1.29, 1.82) is 0 Å². The summed E-state index contributed by atoms with van der Waals surface area (Å²) in [5, 5.41) is 1.01. The maximum atomic E-state index is 5.55. The van der Waals surface area contributed by atoms with Gasteiger partial charge in [0.05, 0.1) is 0 Å². The van der Waals surface area contributed by atoms with Crippen LogP contribution in [0.2, 0.25) is 0 Å². The minimum Gasteiger partial charge on any atom is -0.152 e. The highest BCUT2D eigenvalue weighted by molar-refractivity contribution is 7.99. The van der Waals surface area contributed by atoms with E-state index in [4.69, 9.17) is 11.6 Å². The smallest absolute Gasteiger partial charge is 0.0292 e. The lowest BCUT2D eigenvalue weighted by Gasteiger charge is -1.77. The Hall–Kier alpha value is 0.380. The van der Waals surface area contributed by atoms with E-state index in [1.165, 1.54) is 0 Å². The van der Waals surface area contributed by atoms with Crippen LogP contribution in [0.5, 0.6) is 0 Å². The van der Waals surface area contributed by atoms with Crippen LogP contribution in [0, 0.1) is 0 Å². The van der Waals surface area contributed by atoms with E-state index in [1.54, 1.807) is 0 Å². The van der Waals surface area contributed by atoms with Gasteiger partial charge in [0, 0.05) is 16.5 Å². The highest BCUT2D eigenvalue weighted by Gasteiger charge is 1.97. The molecule has 1 rings (SSSR count). The number of hydrogen-bond donors (Lipinski definition) is 0. The van der Waals surface area contributed by atoms with Crippen LogP contribution in [0.4, 0.5) is 0 Å². The fourth-order valence-corrected chi connectivity index (χ4v) is 1.51. The molecule has 0 unspecified atom stereocenters. The Bertz CT molecular complexity index is 77.6. The van der Waals surface area contributed by atoms with E-state index in [2.05, 4.69) is 0 Å². The third kappa shape index (κ3) is 0.919. The van der Waals surface area contributed by atoms with Gasteiger partial charge in [-0.15, -0.1) is 0 Å². The normalized spacial score (nSPS) is 21.2. The van der Waals surface area contributed by atoms with E-state index in [-0.39, 0.29) is 0 Å². The lowest BCUT2D eigenvalue weighted by molar-refractivity contribution is 1.71. The molecule has 0 nitrogen and oxygen atoms in total. The molecule has 0 N–H and O–H groups in total. The lowest BCUT2D eigenvalue weighted by Crippen LogP contribution is -1.61. The van der Waals surface area contributed by atoms with E-state index >= 15 is 0 Å². The SMILES string of the molecule is ClC1=CCSC1.